The molecule has 0 atom stereocenters. The quantitative estimate of drug-likeness (QED) is 0.775. The van der Waals surface area contributed by atoms with Crippen LogP contribution in [0.25, 0.3) is 10.9 Å². The lowest BCUT2D eigenvalue weighted by Crippen LogP contribution is -1.94. The first kappa shape index (κ1) is 9.56. The molecule has 0 bridgehead atoms. The van der Waals surface area contributed by atoms with E-state index in [2.05, 4.69) is 4.98 Å². The van der Waals surface area contributed by atoms with Crippen LogP contribution < -0.4 is 0 Å². The molecule has 2 aromatic rings. The van der Waals surface area contributed by atoms with Crippen molar-refractivity contribution in [2.75, 3.05) is 0 Å². The van der Waals surface area contributed by atoms with Crippen molar-refractivity contribution in [2.24, 2.45) is 0 Å². The van der Waals surface area contributed by atoms with E-state index in [1.165, 1.54) is 6.07 Å². The van der Waals surface area contributed by atoms with Crippen molar-refractivity contribution in [1.82, 2.24) is 4.98 Å². The molecule has 4 nitrogen and oxygen atoms in total. The second kappa shape index (κ2) is 3.30. The number of carbonyl (C=O) groups is 1. The Balaban J connectivity index is 2.78. The van der Waals surface area contributed by atoms with Crippen molar-refractivity contribution in [3.8, 4) is 6.07 Å². The van der Waals surface area contributed by atoms with E-state index < -0.39 is 5.97 Å². The molecule has 0 aliphatic heterocycles. The monoisotopic (exact) mass is 220 g/mol. The molecule has 2 rings (SSSR count). The van der Waals surface area contributed by atoms with E-state index in [0.29, 0.717) is 16.5 Å². The first-order chi connectivity index (χ1) is 7.13. The molecule has 0 aliphatic carbocycles. The molecule has 1 aromatic carbocycles. The standard InChI is InChI=1S/C10H5ClN2O2/c11-9-5(4-12)1-2-7-6(9)3-8(13-7)10(14)15/h1-3,13H,(H,14,15). The fourth-order valence-corrected chi connectivity index (χ4v) is 1.63. The van der Waals surface area contributed by atoms with E-state index in [-0.39, 0.29) is 10.7 Å². The summed E-state index contributed by atoms with van der Waals surface area (Å²) < 4.78 is 0. The molecule has 5 heteroatoms. The van der Waals surface area contributed by atoms with Crippen LogP contribution in [0.5, 0.6) is 0 Å². The van der Waals surface area contributed by atoms with E-state index in [1.807, 2.05) is 6.07 Å². The Morgan fingerprint density at radius 3 is 2.87 bits per heavy atom. The Bertz CT molecular complexity index is 595. The summed E-state index contributed by atoms with van der Waals surface area (Å²) in [4.78, 5) is 13.4. The summed E-state index contributed by atoms with van der Waals surface area (Å²) in [5, 5.41) is 18.3. The number of H-pyrrole nitrogens is 1. The number of aromatic amines is 1. The van der Waals surface area contributed by atoms with Crippen LogP contribution in [0.1, 0.15) is 16.1 Å². The number of nitrogens with one attached hydrogen (secondary N) is 1. The van der Waals surface area contributed by atoms with Gasteiger partial charge in [0.05, 0.1) is 10.6 Å². The molecular weight excluding hydrogens is 216 g/mol. The molecule has 0 radical (unpaired) electrons. The van der Waals surface area contributed by atoms with Crippen LogP contribution in [0.15, 0.2) is 18.2 Å². The number of halogens is 1. The zero-order chi connectivity index (χ0) is 11.0. The summed E-state index contributed by atoms with van der Waals surface area (Å²) in [6.07, 6.45) is 0. The lowest BCUT2D eigenvalue weighted by atomic mass is 10.2. The SMILES string of the molecule is N#Cc1ccc2[nH]c(C(=O)O)cc2c1Cl. The average Bonchev–Trinajstić information content (AvgIpc) is 2.63. The normalized spacial score (nSPS) is 10.1. The highest BCUT2D eigenvalue weighted by atomic mass is 35.5. The van der Waals surface area contributed by atoms with Crippen LogP contribution >= 0.6 is 11.6 Å². The Kier molecular flexibility index (Phi) is 2.10. The molecule has 74 valence electrons. The lowest BCUT2D eigenvalue weighted by Gasteiger charge is -1.95. The maximum absolute atomic E-state index is 10.7. The van der Waals surface area contributed by atoms with Crippen LogP contribution in [0.4, 0.5) is 0 Å². The molecule has 15 heavy (non-hydrogen) atoms. The van der Waals surface area contributed by atoms with Gasteiger partial charge in [0, 0.05) is 10.9 Å². The molecule has 0 saturated carbocycles. The number of fused-ring (bicyclic) bond motifs is 1. The zero-order valence-electron chi connectivity index (χ0n) is 7.41. The number of benzene rings is 1. The second-order valence-electron chi connectivity index (χ2n) is 2.99. The highest BCUT2D eigenvalue weighted by Gasteiger charge is 2.11. The highest BCUT2D eigenvalue weighted by molar-refractivity contribution is 6.36. The predicted octanol–water partition coefficient (Wildman–Crippen LogP) is 2.39. The summed E-state index contributed by atoms with van der Waals surface area (Å²) in [7, 11) is 0. The Morgan fingerprint density at radius 1 is 1.53 bits per heavy atom. The molecule has 2 N–H and O–H groups in total. The van der Waals surface area contributed by atoms with Gasteiger partial charge in [-0.15, -0.1) is 0 Å². The van der Waals surface area contributed by atoms with Crippen molar-refractivity contribution in [3.63, 3.8) is 0 Å². The molecule has 0 saturated heterocycles. The third kappa shape index (κ3) is 1.43. The molecule has 0 aliphatic rings. The van der Waals surface area contributed by atoms with Gasteiger partial charge in [-0.25, -0.2) is 4.79 Å². The third-order valence-corrected chi connectivity index (χ3v) is 2.50. The van der Waals surface area contributed by atoms with Gasteiger partial charge in [-0.05, 0) is 18.2 Å². The number of aromatic carboxylic acids is 1. The Morgan fingerprint density at radius 2 is 2.27 bits per heavy atom. The molecule has 0 fully saturated rings. The fourth-order valence-electron chi connectivity index (χ4n) is 1.37. The first-order valence-electron chi connectivity index (χ1n) is 4.08. The van der Waals surface area contributed by atoms with Gasteiger partial charge >= 0.3 is 5.97 Å². The van der Waals surface area contributed by atoms with Crippen molar-refractivity contribution in [3.05, 3.63) is 34.5 Å². The van der Waals surface area contributed by atoms with E-state index in [4.69, 9.17) is 22.0 Å². The van der Waals surface area contributed by atoms with Gasteiger partial charge in [0.25, 0.3) is 0 Å². The van der Waals surface area contributed by atoms with Gasteiger partial charge < -0.3 is 10.1 Å². The molecule has 0 spiro atoms. The van der Waals surface area contributed by atoms with E-state index in [0.717, 1.165) is 0 Å². The first-order valence-corrected chi connectivity index (χ1v) is 4.46. The van der Waals surface area contributed by atoms with Gasteiger partial charge in [0.15, 0.2) is 0 Å². The molecular formula is C10H5ClN2O2. The Hall–Kier alpha value is -1.99. The van der Waals surface area contributed by atoms with Crippen LogP contribution in [0.2, 0.25) is 5.02 Å². The van der Waals surface area contributed by atoms with Gasteiger partial charge in [0.2, 0.25) is 0 Å². The molecule has 1 heterocycles. The van der Waals surface area contributed by atoms with Crippen molar-refractivity contribution < 1.29 is 9.90 Å². The minimum absolute atomic E-state index is 0.0574. The maximum atomic E-state index is 10.7. The summed E-state index contributed by atoms with van der Waals surface area (Å²) in [5.41, 5.74) is 0.999. The number of nitriles is 1. The van der Waals surface area contributed by atoms with Gasteiger partial charge in [-0.3, -0.25) is 0 Å². The number of rotatable bonds is 1. The van der Waals surface area contributed by atoms with Crippen molar-refractivity contribution in [2.45, 2.75) is 0 Å². The van der Waals surface area contributed by atoms with Gasteiger partial charge in [0.1, 0.15) is 11.8 Å². The predicted molar refractivity (Wildman–Crippen MR) is 55.0 cm³/mol. The van der Waals surface area contributed by atoms with Crippen molar-refractivity contribution >= 4 is 28.5 Å². The lowest BCUT2D eigenvalue weighted by molar-refractivity contribution is 0.0691. The van der Waals surface area contributed by atoms with E-state index in [9.17, 15) is 4.79 Å². The van der Waals surface area contributed by atoms with Crippen molar-refractivity contribution in [1.29, 1.82) is 5.26 Å². The summed E-state index contributed by atoms with van der Waals surface area (Å²) in [5.74, 6) is -1.05. The number of carboxylic acids is 1. The van der Waals surface area contributed by atoms with Gasteiger partial charge in [-0.2, -0.15) is 5.26 Å². The molecule has 0 amide bonds. The van der Waals surface area contributed by atoms with E-state index in [1.54, 1.807) is 12.1 Å². The number of aromatic nitrogens is 1. The topological polar surface area (TPSA) is 76.9 Å². The summed E-state index contributed by atoms with van der Waals surface area (Å²) in [6, 6.07) is 6.53. The number of hydrogen-bond donors (Lipinski definition) is 2. The van der Waals surface area contributed by atoms with Crippen LogP contribution in [-0.2, 0) is 0 Å². The largest absolute Gasteiger partial charge is 0.477 e. The van der Waals surface area contributed by atoms with Crippen LogP contribution in [-0.4, -0.2) is 16.1 Å². The fraction of sp³-hybridized carbons (Fsp3) is 0. The van der Waals surface area contributed by atoms with Crippen LogP contribution in [0, 0.1) is 11.3 Å². The third-order valence-electron chi connectivity index (χ3n) is 2.09. The number of nitrogens with zero attached hydrogens (tertiary/aromatic N) is 1. The highest BCUT2D eigenvalue weighted by Crippen LogP contribution is 2.27. The summed E-state index contributed by atoms with van der Waals surface area (Å²) >= 11 is 5.92. The number of carboxylic acid groups (broad SMARTS) is 1. The number of hydrogen-bond acceptors (Lipinski definition) is 2. The van der Waals surface area contributed by atoms with E-state index >= 15 is 0 Å². The maximum Gasteiger partial charge on any atom is 0.352 e. The van der Waals surface area contributed by atoms with Crippen LogP contribution in [0.3, 0.4) is 0 Å². The minimum atomic E-state index is -1.05. The second-order valence-corrected chi connectivity index (χ2v) is 3.37. The zero-order valence-corrected chi connectivity index (χ0v) is 8.17. The molecule has 0 unspecified atom stereocenters. The smallest absolute Gasteiger partial charge is 0.352 e. The summed E-state index contributed by atoms with van der Waals surface area (Å²) in [6.45, 7) is 0. The Labute approximate surface area is 89.7 Å². The van der Waals surface area contributed by atoms with Gasteiger partial charge in [-0.1, -0.05) is 11.6 Å². The average molecular weight is 221 g/mol. The molecule has 1 aromatic heterocycles. The minimum Gasteiger partial charge on any atom is -0.477 e.